The zero-order valence-electron chi connectivity index (χ0n) is 10.5. The van der Waals surface area contributed by atoms with Gasteiger partial charge >= 0.3 is 71.0 Å². The molecule has 0 aliphatic rings. The molecule has 0 aromatic rings. The van der Waals surface area contributed by atoms with Crippen molar-refractivity contribution in [1.29, 1.82) is 0 Å². The summed E-state index contributed by atoms with van der Waals surface area (Å²) >= 11 is -1.23. The molecule has 105 valence electrons. The van der Waals surface area contributed by atoms with E-state index in [1.165, 1.54) is 13.3 Å². The average molecular weight is 414 g/mol. The zero-order chi connectivity index (χ0) is 15.8. The molecular weight excluding hydrogens is 398 g/mol. The molecule has 0 aromatic heterocycles. The fraction of sp³-hybridized carbons (Fsp3) is 0.231. The van der Waals surface area contributed by atoms with Crippen molar-refractivity contribution in [1.82, 2.24) is 0 Å². The summed E-state index contributed by atoms with van der Waals surface area (Å²) in [5.74, 6) is 0. The van der Waals surface area contributed by atoms with Gasteiger partial charge in [0.25, 0.3) is 27.2 Å². The standard InChI is InChI=1S/3C3H5.4CO.Co.Sn.H/c3*1-3-2;4*1-2;;;/h3*3H,1-2H2;;;;;;;. The second-order valence-electron chi connectivity index (χ2n) is 2.44. The van der Waals surface area contributed by atoms with E-state index in [0.717, 1.165) is 0 Å². The predicted molar refractivity (Wildman–Crippen MR) is 74.9 cm³/mol. The summed E-state index contributed by atoms with van der Waals surface area (Å²) in [4.78, 5) is 30.0. The number of hydrogen-bond acceptors (Lipinski definition) is 4. The number of allylic oxidation sites excluding steroid dienone is 3. The van der Waals surface area contributed by atoms with E-state index in [1.54, 1.807) is 0 Å². The largest absolute Gasteiger partial charge is 0.281 e. The maximum absolute atomic E-state index is 7.50. The van der Waals surface area contributed by atoms with Crippen LogP contribution in [0.1, 0.15) is 0 Å². The first-order chi connectivity index (χ1) is 8.85. The molecule has 6 heteroatoms. The molecule has 0 bridgehead atoms. The normalized spacial score (nSPS) is 5.74. The summed E-state index contributed by atoms with van der Waals surface area (Å²) in [7, 11) is 0. The summed E-state index contributed by atoms with van der Waals surface area (Å²) in [5, 5.41) is 0. The van der Waals surface area contributed by atoms with Crippen LogP contribution in [0.15, 0.2) is 38.0 Å². The molecule has 0 unspecified atom stereocenters. The van der Waals surface area contributed by atoms with Crippen molar-refractivity contribution in [2.45, 2.75) is 13.3 Å². The van der Waals surface area contributed by atoms with Gasteiger partial charge in [-0.1, -0.05) is 0 Å². The van der Waals surface area contributed by atoms with Gasteiger partial charge in [0.1, 0.15) is 0 Å². The van der Waals surface area contributed by atoms with Gasteiger partial charge in [0.2, 0.25) is 0 Å². The van der Waals surface area contributed by atoms with Crippen LogP contribution in [-0.4, -0.2) is 46.9 Å². The van der Waals surface area contributed by atoms with Gasteiger partial charge in [0, 0.05) is 16.8 Å². The van der Waals surface area contributed by atoms with Gasteiger partial charge in [-0.15, -0.1) is 0 Å². The quantitative estimate of drug-likeness (QED) is 0.484. The molecular formula is C13H16CoO4Sn. The third-order valence-corrected chi connectivity index (χ3v) is 10.1. The van der Waals surface area contributed by atoms with Crippen molar-refractivity contribution < 1.29 is 36.0 Å². The Bertz CT molecular complexity index is 148. The van der Waals surface area contributed by atoms with Gasteiger partial charge in [-0.25, -0.2) is 0 Å². The molecule has 0 N–H and O–H groups in total. The van der Waals surface area contributed by atoms with E-state index >= 15 is 0 Å². The zero-order valence-corrected chi connectivity index (χ0v) is 14.9. The van der Waals surface area contributed by atoms with Gasteiger partial charge in [0.15, 0.2) is 0 Å². The van der Waals surface area contributed by atoms with Gasteiger partial charge in [-0.3, -0.25) is 19.2 Å². The first kappa shape index (κ1) is 36.2. The second kappa shape index (κ2) is 67.1. The van der Waals surface area contributed by atoms with Crippen molar-refractivity contribution in [3.63, 3.8) is 0 Å². The van der Waals surface area contributed by atoms with Crippen LogP contribution < -0.4 is 0 Å². The number of rotatable bonds is 6. The van der Waals surface area contributed by atoms with Crippen molar-refractivity contribution in [2.24, 2.45) is 0 Å². The predicted octanol–water partition coefficient (Wildman–Crippen LogP) is 1.18. The fourth-order valence-electron chi connectivity index (χ4n) is 0.996. The van der Waals surface area contributed by atoms with Gasteiger partial charge in [0.05, 0.1) is 0 Å². The van der Waals surface area contributed by atoms with E-state index in [-0.39, 0.29) is 16.8 Å². The van der Waals surface area contributed by atoms with Crippen LogP contribution in [0.25, 0.3) is 0 Å². The second-order valence-corrected chi connectivity index (χ2v) is 11.4. The number of hydrogen-bond donors (Lipinski definition) is 0. The average Bonchev–Trinajstić information content (AvgIpc) is 2.48. The molecule has 0 saturated carbocycles. The number of carbonyl (C=O) groups excluding carboxylic acids is 4. The maximum atomic E-state index is 7.50. The fourth-order valence-corrected chi connectivity index (χ4v) is 6.68. The van der Waals surface area contributed by atoms with Gasteiger partial charge < -0.3 is 0 Å². The van der Waals surface area contributed by atoms with Gasteiger partial charge in [-0.2, -0.15) is 0 Å². The Morgan fingerprint density at radius 2 is 0.789 bits per heavy atom. The Morgan fingerprint density at radius 3 is 0.895 bits per heavy atom. The van der Waals surface area contributed by atoms with Crippen molar-refractivity contribution >= 4 is 46.9 Å². The minimum Gasteiger partial charge on any atom is -0.281 e. The third kappa shape index (κ3) is 59.1. The molecule has 0 saturated heterocycles. The molecule has 9 radical (unpaired) electrons. The van der Waals surface area contributed by atoms with E-state index in [2.05, 4.69) is 46.9 Å². The Kier molecular flexibility index (Phi) is 128. The molecule has 0 atom stereocenters. The van der Waals surface area contributed by atoms with Crippen LogP contribution in [-0.2, 0) is 36.0 Å². The maximum Gasteiger partial charge on any atom is 0.281 e. The van der Waals surface area contributed by atoms with Crippen LogP contribution >= 0.6 is 0 Å². The molecule has 0 aromatic carbocycles. The third-order valence-electron chi connectivity index (χ3n) is 1.50. The van der Waals surface area contributed by atoms with E-state index in [0.29, 0.717) is 0 Å². The van der Waals surface area contributed by atoms with E-state index < -0.39 is 19.8 Å². The van der Waals surface area contributed by atoms with Crippen LogP contribution in [0.2, 0.25) is 13.3 Å². The molecule has 0 spiro atoms. The first-order valence-corrected chi connectivity index (χ1v) is 11.5. The summed E-state index contributed by atoms with van der Waals surface area (Å²) in [6, 6.07) is 0. The van der Waals surface area contributed by atoms with E-state index in [4.69, 9.17) is 19.2 Å². The minimum atomic E-state index is -1.23. The summed E-state index contributed by atoms with van der Waals surface area (Å²) in [5.41, 5.74) is 0. The molecule has 0 aliphatic carbocycles. The monoisotopic (exact) mass is 415 g/mol. The Labute approximate surface area is 134 Å². The van der Waals surface area contributed by atoms with Crippen LogP contribution in [0, 0.1) is 0 Å². The first-order valence-electron chi connectivity index (χ1n) is 4.49. The topological polar surface area (TPSA) is 68.3 Å². The summed E-state index contributed by atoms with van der Waals surface area (Å²) in [6.45, 7) is 29.2. The molecule has 4 nitrogen and oxygen atoms in total. The van der Waals surface area contributed by atoms with E-state index in [1.807, 2.05) is 18.2 Å². The Hall–Kier alpha value is -0.795. The van der Waals surface area contributed by atoms with Gasteiger partial charge in [-0.05, 0) is 0 Å². The van der Waals surface area contributed by atoms with Crippen molar-refractivity contribution in [2.75, 3.05) is 0 Å². The van der Waals surface area contributed by atoms with Crippen molar-refractivity contribution in [3.8, 4) is 0 Å². The van der Waals surface area contributed by atoms with Crippen molar-refractivity contribution in [3.05, 3.63) is 38.0 Å². The Morgan fingerprint density at radius 1 is 0.632 bits per heavy atom. The van der Waals surface area contributed by atoms with E-state index in [9.17, 15) is 0 Å². The van der Waals surface area contributed by atoms with Crippen LogP contribution in [0.4, 0.5) is 0 Å². The summed E-state index contributed by atoms with van der Waals surface area (Å²) < 4.78 is 3.83. The smallest absolute Gasteiger partial charge is 0.281 e. The Balaban J connectivity index is -0.0000000401. The molecule has 0 heterocycles. The molecule has 0 aliphatic heterocycles. The molecule has 0 amide bonds. The minimum absolute atomic E-state index is 0. The molecule has 0 fully saturated rings. The van der Waals surface area contributed by atoms with Crippen LogP contribution in [0.5, 0.6) is 0 Å². The molecule has 0 rings (SSSR count). The summed E-state index contributed by atoms with van der Waals surface area (Å²) in [6.07, 6.45) is 6.15. The SMILES string of the molecule is C=C[CH2][SnH]([CH2]C=C)[CH2]C=C.[C]=O.[C]=O.[C]=O.[C]=O.[Co]. The van der Waals surface area contributed by atoms with Crippen LogP contribution in [0.3, 0.4) is 0 Å². The molecule has 19 heavy (non-hydrogen) atoms.